The van der Waals surface area contributed by atoms with Gasteiger partial charge in [-0.25, -0.2) is 0 Å². The highest BCUT2D eigenvalue weighted by Crippen LogP contribution is 2.27. The molecule has 2 N–H and O–H groups in total. The maximum absolute atomic E-state index is 12.3. The Morgan fingerprint density at radius 3 is 2.22 bits per heavy atom. The third kappa shape index (κ3) is 5.65. The second-order valence-corrected chi connectivity index (χ2v) is 7.09. The molecule has 1 atom stereocenters. The zero-order valence-electron chi connectivity index (χ0n) is 17.1. The average Bonchev–Trinajstić information content (AvgIpc) is 3.15. The van der Waals surface area contributed by atoms with Gasteiger partial charge in [0.15, 0.2) is 6.61 Å². The van der Waals surface area contributed by atoms with E-state index in [2.05, 4.69) is 10.6 Å². The molecule has 1 saturated heterocycles. The molecule has 0 unspecified atom stereocenters. The minimum atomic E-state index is -0.748. The smallest absolute Gasteiger partial charge is 0.311 e. The predicted octanol–water partition coefficient (Wildman–Crippen LogP) is 2.09. The molecule has 0 radical (unpaired) electrons. The second kappa shape index (κ2) is 9.69. The van der Waals surface area contributed by atoms with Gasteiger partial charge in [-0.3, -0.25) is 29.3 Å². The molecule has 11 heteroatoms. The molecule has 11 nitrogen and oxygen atoms in total. The highest BCUT2D eigenvalue weighted by Gasteiger charge is 2.36. The Balaban J connectivity index is 1.49. The third-order valence-electron chi connectivity index (χ3n) is 4.67. The summed E-state index contributed by atoms with van der Waals surface area (Å²) in [5.41, 5.74) is 1.37. The number of esters is 1. The SMILES string of the molecule is CC(=O)Nc1ccc(NC(=O)COC(=O)[C@H]2CC(=O)N(c3ccc([N+](=O)[O-])cc3)C2)cc1. The van der Waals surface area contributed by atoms with Crippen LogP contribution in [0.25, 0.3) is 0 Å². The Hall–Kier alpha value is -4.28. The van der Waals surface area contributed by atoms with Crippen LogP contribution in [0.4, 0.5) is 22.7 Å². The number of nitrogens with one attached hydrogen (secondary N) is 2. The van der Waals surface area contributed by atoms with Crippen molar-refractivity contribution in [1.29, 1.82) is 0 Å². The lowest BCUT2D eigenvalue weighted by molar-refractivity contribution is -0.384. The first-order valence-corrected chi connectivity index (χ1v) is 9.62. The zero-order valence-corrected chi connectivity index (χ0v) is 17.1. The van der Waals surface area contributed by atoms with Crippen molar-refractivity contribution in [2.24, 2.45) is 5.92 Å². The molecule has 3 amide bonds. The summed E-state index contributed by atoms with van der Waals surface area (Å²) in [6, 6.07) is 11.8. The number of anilines is 3. The number of hydrogen-bond acceptors (Lipinski definition) is 7. The van der Waals surface area contributed by atoms with Gasteiger partial charge < -0.3 is 20.3 Å². The normalized spacial score (nSPS) is 15.2. The predicted molar refractivity (Wildman–Crippen MR) is 114 cm³/mol. The van der Waals surface area contributed by atoms with E-state index in [0.717, 1.165) is 0 Å². The number of nitrogens with zero attached hydrogens (tertiary/aromatic N) is 2. The number of carbonyl (C=O) groups is 4. The van der Waals surface area contributed by atoms with E-state index in [1.165, 1.54) is 36.1 Å². The molecule has 0 aliphatic carbocycles. The van der Waals surface area contributed by atoms with Crippen molar-refractivity contribution in [1.82, 2.24) is 0 Å². The maximum atomic E-state index is 12.3. The van der Waals surface area contributed by atoms with Crippen molar-refractivity contribution < 1.29 is 28.8 Å². The van der Waals surface area contributed by atoms with Gasteiger partial charge in [0, 0.05) is 49.1 Å². The number of rotatable bonds is 7. The molecular formula is C21H20N4O7. The van der Waals surface area contributed by atoms with Crippen LogP contribution in [0, 0.1) is 16.0 Å². The van der Waals surface area contributed by atoms with E-state index in [0.29, 0.717) is 17.1 Å². The van der Waals surface area contributed by atoms with Crippen molar-refractivity contribution in [2.45, 2.75) is 13.3 Å². The van der Waals surface area contributed by atoms with E-state index in [9.17, 15) is 29.3 Å². The lowest BCUT2D eigenvalue weighted by Crippen LogP contribution is -2.28. The molecular weight excluding hydrogens is 420 g/mol. The summed E-state index contributed by atoms with van der Waals surface area (Å²) >= 11 is 0. The van der Waals surface area contributed by atoms with Crippen LogP contribution in [0.2, 0.25) is 0 Å². The number of hydrogen-bond donors (Lipinski definition) is 2. The van der Waals surface area contributed by atoms with Gasteiger partial charge in [0.25, 0.3) is 11.6 Å². The molecule has 1 heterocycles. The van der Waals surface area contributed by atoms with E-state index < -0.39 is 29.3 Å². The van der Waals surface area contributed by atoms with Gasteiger partial charge in [-0.05, 0) is 36.4 Å². The number of amides is 3. The molecule has 0 aromatic heterocycles. The van der Waals surface area contributed by atoms with Crippen molar-refractivity contribution in [3.05, 3.63) is 58.6 Å². The molecule has 2 aromatic carbocycles. The van der Waals surface area contributed by atoms with Gasteiger partial charge in [-0.15, -0.1) is 0 Å². The molecule has 0 saturated carbocycles. The number of benzene rings is 2. The van der Waals surface area contributed by atoms with Crippen LogP contribution in [0.1, 0.15) is 13.3 Å². The standard InChI is InChI=1S/C21H20N4O7/c1-13(26)22-15-2-4-16(5-3-15)23-19(27)12-32-21(29)14-10-20(28)24(11-14)17-6-8-18(9-7-17)25(30)31/h2-9,14H,10-12H2,1H3,(H,22,26)(H,23,27)/t14-/m0/s1. The van der Waals surface area contributed by atoms with E-state index in [4.69, 9.17) is 4.74 Å². The Morgan fingerprint density at radius 2 is 1.66 bits per heavy atom. The highest BCUT2D eigenvalue weighted by molar-refractivity contribution is 6.00. The third-order valence-corrected chi connectivity index (χ3v) is 4.67. The van der Waals surface area contributed by atoms with E-state index in [1.54, 1.807) is 24.3 Å². The Kier molecular flexibility index (Phi) is 6.78. The Labute approximate surface area is 182 Å². The van der Waals surface area contributed by atoms with E-state index >= 15 is 0 Å². The molecule has 3 rings (SSSR count). The van der Waals surface area contributed by atoms with Crippen molar-refractivity contribution in [3.8, 4) is 0 Å². The van der Waals surface area contributed by atoms with Crippen LogP contribution in [-0.2, 0) is 23.9 Å². The number of nitro benzene ring substituents is 1. The minimum absolute atomic E-state index is 0.0572. The number of nitro groups is 1. The summed E-state index contributed by atoms with van der Waals surface area (Å²) in [6.07, 6.45) is -0.0813. The number of carbonyl (C=O) groups excluding carboxylic acids is 4. The molecule has 166 valence electrons. The van der Waals surface area contributed by atoms with Crippen LogP contribution in [0.5, 0.6) is 0 Å². The maximum Gasteiger partial charge on any atom is 0.311 e. The second-order valence-electron chi connectivity index (χ2n) is 7.09. The first-order valence-electron chi connectivity index (χ1n) is 9.62. The monoisotopic (exact) mass is 440 g/mol. The van der Waals surface area contributed by atoms with Gasteiger partial charge in [0.05, 0.1) is 10.8 Å². The fourth-order valence-corrected chi connectivity index (χ4v) is 3.16. The Morgan fingerprint density at radius 1 is 1.06 bits per heavy atom. The first kappa shape index (κ1) is 22.4. The number of ether oxygens (including phenoxy) is 1. The van der Waals surface area contributed by atoms with Gasteiger partial charge >= 0.3 is 5.97 Å². The van der Waals surface area contributed by atoms with Crippen molar-refractivity contribution in [3.63, 3.8) is 0 Å². The quantitative estimate of drug-likeness (QED) is 0.380. The van der Waals surface area contributed by atoms with Crippen LogP contribution < -0.4 is 15.5 Å². The summed E-state index contributed by atoms with van der Waals surface area (Å²) in [5, 5.41) is 15.9. The minimum Gasteiger partial charge on any atom is -0.455 e. The van der Waals surface area contributed by atoms with Gasteiger partial charge in [0.2, 0.25) is 11.8 Å². The van der Waals surface area contributed by atoms with Gasteiger partial charge in [0.1, 0.15) is 0 Å². The average molecular weight is 440 g/mol. The fourth-order valence-electron chi connectivity index (χ4n) is 3.16. The topological polar surface area (TPSA) is 148 Å². The molecule has 1 aliphatic heterocycles. The fraction of sp³-hybridized carbons (Fsp3) is 0.238. The summed E-state index contributed by atoms with van der Waals surface area (Å²) in [4.78, 5) is 59.2. The van der Waals surface area contributed by atoms with Crippen LogP contribution >= 0.6 is 0 Å². The lowest BCUT2D eigenvalue weighted by Gasteiger charge is -2.16. The van der Waals surface area contributed by atoms with E-state index in [-0.39, 0.29) is 30.5 Å². The largest absolute Gasteiger partial charge is 0.455 e. The van der Waals surface area contributed by atoms with Crippen molar-refractivity contribution in [2.75, 3.05) is 28.7 Å². The van der Waals surface area contributed by atoms with Gasteiger partial charge in [-0.2, -0.15) is 0 Å². The number of non-ortho nitro benzene ring substituents is 1. The summed E-state index contributed by atoms with van der Waals surface area (Å²) < 4.78 is 5.04. The summed E-state index contributed by atoms with van der Waals surface area (Å²) in [7, 11) is 0. The molecule has 0 spiro atoms. The van der Waals surface area contributed by atoms with Crippen molar-refractivity contribution >= 4 is 46.4 Å². The molecule has 2 aromatic rings. The zero-order chi connectivity index (χ0) is 23.3. The van der Waals surface area contributed by atoms with E-state index in [1.807, 2.05) is 0 Å². The molecule has 32 heavy (non-hydrogen) atoms. The van der Waals surface area contributed by atoms with Gasteiger partial charge in [-0.1, -0.05) is 0 Å². The highest BCUT2D eigenvalue weighted by atomic mass is 16.6. The first-order chi connectivity index (χ1) is 15.2. The Bertz CT molecular complexity index is 1050. The molecule has 0 bridgehead atoms. The van der Waals surface area contributed by atoms with Crippen LogP contribution in [0.15, 0.2) is 48.5 Å². The summed E-state index contributed by atoms with van der Waals surface area (Å²) in [5.74, 6) is -2.51. The molecule has 1 fully saturated rings. The molecule has 1 aliphatic rings. The summed E-state index contributed by atoms with van der Waals surface area (Å²) in [6.45, 7) is 0.920. The van der Waals surface area contributed by atoms with Crippen LogP contribution in [-0.4, -0.2) is 41.8 Å². The lowest BCUT2D eigenvalue weighted by atomic mass is 10.1. The van der Waals surface area contributed by atoms with Crippen LogP contribution in [0.3, 0.4) is 0 Å².